The molecule has 1 aliphatic heterocycles. The van der Waals surface area contributed by atoms with E-state index >= 15 is 0 Å². The lowest BCUT2D eigenvalue weighted by Crippen LogP contribution is -2.41. The predicted octanol–water partition coefficient (Wildman–Crippen LogP) is 1.82. The monoisotopic (exact) mass is 346 g/mol. The van der Waals surface area contributed by atoms with E-state index in [1.807, 2.05) is 30.5 Å². The van der Waals surface area contributed by atoms with Gasteiger partial charge in [-0.05, 0) is 29.7 Å². The fraction of sp³-hybridized carbons (Fsp3) is 0.267. The molecule has 0 radical (unpaired) electrons. The number of nitrogens with two attached hydrogens (primary N) is 1. The van der Waals surface area contributed by atoms with E-state index in [0.29, 0.717) is 6.54 Å². The van der Waals surface area contributed by atoms with Crippen molar-refractivity contribution in [3.63, 3.8) is 0 Å². The van der Waals surface area contributed by atoms with Crippen molar-refractivity contribution in [3.05, 3.63) is 58.1 Å². The molecular formula is C15H15BrN4O. The minimum atomic E-state index is -0.429. The van der Waals surface area contributed by atoms with E-state index in [1.165, 1.54) is 0 Å². The van der Waals surface area contributed by atoms with Gasteiger partial charge in [-0.2, -0.15) is 0 Å². The van der Waals surface area contributed by atoms with E-state index in [2.05, 4.69) is 30.8 Å². The van der Waals surface area contributed by atoms with Crippen molar-refractivity contribution in [2.75, 3.05) is 6.54 Å². The van der Waals surface area contributed by atoms with Crippen LogP contribution < -0.4 is 5.73 Å². The highest BCUT2D eigenvalue weighted by molar-refractivity contribution is 9.10. The smallest absolute Gasteiger partial charge is 0.239 e. The number of carbonyl (C=O) groups excluding carboxylic acids is 1. The number of primary amides is 1. The van der Waals surface area contributed by atoms with Crippen LogP contribution in [0.3, 0.4) is 0 Å². The minimum absolute atomic E-state index is 0.338. The second-order valence-corrected chi connectivity index (χ2v) is 5.99. The molecule has 2 aromatic rings. The summed E-state index contributed by atoms with van der Waals surface area (Å²) in [7, 11) is 0. The number of carbonyl (C=O) groups is 1. The van der Waals surface area contributed by atoms with Crippen molar-refractivity contribution in [1.29, 1.82) is 0 Å². The van der Waals surface area contributed by atoms with E-state index in [1.54, 1.807) is 6.33 Å². The molecule has 0 aliphatic carbocycles. The molecule has 1 aromatic carbocycles. The van der Waals surface area contributed by atoms with Crippen LogP contribution in [-0.2, 0) is 17.8 Å². The number of hydrogen-bond donors (Lipinski definition) is 1. The molecule has 3 rings (SSSR count). The Morgan fingerprint density at radius 2 is 2.10 bits per heavy atom. The van der Waals surface area contributed by atoms with Gasteiger partial charge in [0.1, 0.15) is 12.4 Å². The molecule has 1 atom stereocenters. The molecule has 0 saturated carbocycles. The first-order valence-electron chi connectivity index (χ1n) is 6.72. The molecule has 0 unspecified atom stereocenters. The number of aromatic nitrogens is 2. The number of nitrogens with zero attached hydrogens (tertiary/aromatic N) is 3. The van der Waals surface area contributed by atoms with Crippen LogP contribution in [0.15, 0.2) is 41.3 Å². The number of halogens is 1. The molecule has 21 heavy (non-hydrogen) atoms. The summed E-state index contributed by atoms with van der Waals surface area (Å²) in [6, 6.07) is 7.27. The highest BCUT2D eigenvalue weighted by atomic mass is 79.9. The predicted molar refractivity (Wildman–Crippen MR) is 82.2 cm³/mol. The third kappa shape index (κ3) is 2.96. The van der Waals surface area contributed by atoms with Crippen molar-refractivity contribution in [2.24, 2.45) is 5.73 Å². The number of benzene rings is 1. The summed E-state index contributed by atoms with van der Waals surface area (Å²) in [5.74, 6) is -0.338. The molecular weight excluding hydrogens is 332 g/mol. The molecule has 0 bridgehead atoms. The summed E-state index contributed by atoms with van der Waals surface area (Å²) in [6.45, 7) is 1.38. The first-order chi connectivity index (χ1) is 10.1. The van der Waals surface area contributed by atoms with E-state index in [0.717, 1.165) is 34.3 Å². The lowest BCUT2D eigenvalue weighted by atomic mass is 10.00. The maximum absolute atomic E-state index is 11.9. The molecule has 1 aromatic heterocycles. The summed E-state index contributed by atoms with van der Waals surface area (Å²) in [6.07, 6.45) is 4.22. The third-order valence-electron chi connectivity index (χ3n) is 3.72. The van der Waals surface area contributed by atoms with Gasteiger partial charge in [-0.15, -0.1) is 0 Å². The highest BCUT2D eigenvalue weighted by Crippen LogP contribution is 2.27. The third-order valence-corrected chi connectivity index (χ3v) is 4.25. The Balaban J connectivity index is 1.89. The zero-order valence-electron chi connectivity index (χ0n) is 11.4. The van der Waals surface area contributed by atoms with Crippen LogP contribution >= 0.6 is 15.9 Å². The number of amides is 1. The zero-order valence-corrected chi connectivity index (χ0v) is 13.0. The van der Waals surface area contributed by atoms with Crippen LogP contribution in [0.5, 0.6) is 0 Å². The van der Waals surface area contributed by atoms with Crippen LogP contribution in [0, 0.1) is 0 Å². The van der Waals surface area contributed by atoms with Crippen molar-refractivity contribution >= 4 is 21.8 Å². The van der Waals surface area contributed by atoms with Gasteiger partial charge in [0.15, 0.2) is 0 Å². The molecule has 2 N–H and O–H groups in total. The topological polar surface area (TPSA) is 72.1 Å². The van der Waals surface area contributed by atoms with E-state index in [-0.39, 0.29) is 5.91 Å². The second kappa shape index (κ2) is 5.91. The Morgan fingerprint density at radius 1 is 1.33 bits per heavy atom. The highest BCUT2D eigenvalue weighted by Gasteiger charge is 2.29. The minimum Gasteiger partial charge on any atom is -0.368 e. The van der Waals surface area contributed by atoms with Gasteiger partial charge in [0.2, 0.25) is 5.91 Å². The second-order valence-electron chi connectivity index (χ2n) is 5.07. The normalized spacial score (nSPS) is 16.2. The molecule has 0 spiro atoms. The maximum atomic E-state index is 11.9. The van der Waals surface area contributed by atoms with Crippen molar-refractivity contribution in [3.8, 4) is 0 Å². The number of rotatable bonds is 3. The Morgan fingerprint density at radius 3 is 2.81 bits per heavy atom. The Kier molecular flexibility index (Phi) is 3.98. The number of fused-ring (bicyclic) bond motifs is 1. The average molecular weight is 347 g/mol. The fourth-order valence-corrected chi connectivity index (χ4v) is 2.96. The molecule has 2 heterocycles. The van der Waals surface area contributed by atoms with E-state index in [4.69, 9.17) is 5.73 Å². The lowest BCUT2D eigenvalue weighted by molar-refractivity contribution is -0.123. The number of hydrogen-bond acceptors (Lipinski definition) is 4. The van der Waals surface area contributed by atoms with Gasteiger partial charge in [0, 0.05) is 23.8 Å². The largest absolute Gasteiger partial charge is 0.368 e. The Hall–Kier alpha value is -1.79. The van der Waals surface area contributed by atoms with Crippen LogP contribution in [0.2, 0.25) is 0 Å². The molecule has 1 amide bonds. The van der Waals surface area contributed by atoms with Crippen LogP contribution in [0.4, 0.5) is 0 Å². The molecule has 108 valence electrons. The van der Waals surface area contributed by atoms with Crippen LogP contribution in [-0.4, -0.2) is 27.3 Å². The average Bonchev–Trinajstić information content (AvgIpc) is 2.49. The first kappa shape index (κ1) is 14.2. The van der Waals surface area contributed by atoms with Crippen molar-refractivity contribution in [2.45, 2.75) is 19.0 Å². The fourth-order valence-electron chi connectivity index (χ4n) is 2.69. The van der Waals surface area contributed by atoms with Crippen molar-refractivity contribution < 1.29 is 4.79 Å². The lowest BCUT2D eigenvalue weighted by Gasteiger charge is -2.33. The van der Waals surface area contributed by atoms with Gasteiger partial charge in [0.05, 0.1) is 5.69 Å². The van der Waals surface area contributed by atoms with Crippen molar-refractivity contribution in [1.82, 2.24) is 14.9 Å². The quantitative estimate of drug-likeness (QED) is 0.919. The summed E-state index contributed by atoms with van der Waals surface area (Å²) >= 11 is 3.40. The van der Waals surface area contributed by atoms with Gasteiger partial charge < -0.3 is 5.73 Å². The Bertz CT molecular complexity index is 659. The SMILES string of the molecule is NC(=O)[C@@H](c1ccc(Br)cc1)N1CCc2cncnc2C1. The van der Waals surface area contributed by atoms with Gasteiger partial charge in [0.25, 0.3) is 0 Å². The van der Waals surface area contributed by atoms with Crippen LogP contribution in [0.25, 0.3) is 0 Å². The zero-order chi connectivity index (χ0) is 14.8. The van der Waals surface area contributed by atoms with Crippen LogP contribution in [0.1, 0.15) is 22.9 Å². The van der Waals surface area contributed by atoms with Gasteiger partial charge in [-0.3, -0.25) is 9.69 Å². The molecule has 0 fully saturated rings. The Labute approximate surface area is 131 Å². The molecule has 6 heteroatoms. The molecule has 1 aliphatic rings. The van der Waals surface area contributed by atoms with Gasteiger partial charge in [-0.25, -0.2) is 9.97 Å². The van der Waals surface area contributed by atoms with E-state index < -0.39 is 6.04 Å². The first-order valence-corrected chi connectivity index (χ1v) is 7.51. The summed E-state index contributed by atoms with van der Waals surface area (Å²) in [5.41, 5.74) is 8.66. The maximum Gasteiger partial charge on any atom is 0.239 e. The molecule has 0 saturated heterocycles. The summed E-state index contributed by atoms with van der Waals surface area (Å²) in [5, 5.41) is 0. The standard InChI is InChI=1S/C15H15BrN4O/c16-12-3-1-10(2-4-12)14(15(17)21)20-6-5-11-7-18-9-19-13(11)8-20/h1-4,7,9,14H,5-6,8H2,(H2,17,21)/t14-/m1/s1. The van der Waals surface area contributed by atoms with Gasteiger partial charge in [-0.1, -0.05) is 28.1 Å². The summed E-state index contributed by atoms with van der Waals surface area (Å²) in [4.78, 5) is 22.4. The molecule has 5 nitrogen and oxygen atoms in total. The van der Waals surface area contributed by atoms with E-state index in [9.17, 15) is 4.79 Å². The summed E-state index contributed by atoms with van der Waals surface area (Å²) < 4.78 is 0.978. The van der Waals surface area contributed by atoms with Gasteiger partial charge >= 0.3 is 0 Å².